The first kappa shape index (κ1) is 20.7. The summed E-state index contributed by atoms with van der Waals surface area (Å²) >= 11 is 0. The SMILES string of the molecule is CC(C)(C)OC(=O)CNC(=O)CCCOc1ccc(CCC=O)cc1. The third kappa shape index (κ3) is 10.2. The summed E-state index contributed by atoms with van der Waals surface area (Å²) in [6, 6.07) is 7.55. The van der Waals surface area contributed by atoms with Crippen LogP contribution in [-0.4, -0.2) is 36.9 Å². The first-order valence-electron chi connectivity index (χ1n) is 8.44. The molecule has 0 aromatic heterocycles. The van der Waals surface area contributed by atoms with Crippen LogP contribution in [0.25, 0.3) is 0 Å². The van der Waals surface area contributed by atoms with E-state index in [4.69, 9.17) is 9.47 Å². The molecule has 1 amide bonds. The number of carbonyl (C=O) groups is 3. The van der Waals surface area contributed by atoms with Gasteiger partial charge in [0.2, 0.25) is 5.91 Å². The molecule has 0 radical (unpaired) electrons. The minimum Gasteiger partial charge on any atom is -0.494 e. The van der Waals surface area contributed by atoms with Gasteiger partial charge in [-0.05, 0) is 51.3 Å². The van der Waals surface area contributed by atoms with E-state index in [0.717, 1.165) is 24.0 Å². The number of esters is 1. The number of nitrogens with one attached hydrogen (secondary N) is 1. The summed E-state index contributed by atoms with van der Waals surface area (Å²) in [6.07, 6.45) is 2.96. The Kier molecular flexibility index (Phi) is 8.67. The summed E-state index contributed by atoms with van der Waals surface area (Å²) in [5.74, 6) is 0.0643. The molecule has 0 aliphatic rings. The van der Waals surface area contributed by atoms with Crippen molar-refractivity contribution < 1.29 is 23.9 Å². The molecule has 25 heavy (non-hydrogen) atoms. The van der Waals surface area contributed by atoms with Crippen molar-refractivity contribution in [1.82, 2.24) is 5.32 Å². The number of hydrogen-bond donors (Lipinski definition) is 1. The van der Waals surface area contributed by atoms with Gasteiger partial charge in [-0.25, -0.2) is 0 Å². The lowest BCUT2D eigenvalue weighted by Gasteiger charge is -2.19. The summed E-state index contributed by atoms with van der Waals surface area (Å²) in [5, 5.41) is 2.53. The molecule has 0 saturated heterocycles. The maximum Gasteiger partial charge on any atom is 0.325 e. The van der Waals surface area contributed by atoms with E-state index in [1.165, 1.54) is 0 Å². The average molecular weight is 349 g/mol. The monoisotopic (exact) mass is 349 g/mol. The van der Waals surface area contributed by atoms with E-state index in [0.29, 0.717) is 19.4 Å². The third-order valence-electron chi connectivity index (χ3n) is 3.14. The lowest BCUT2D eigenvalue weighted by Crippen LogP contribution is -2.34. The van der Waals surface area contributed by atoms with Crippen LogP contribution in [0.15, 0.2) is 24.3 Å². The molecular formula is C19H27NO5. The van der Waals surface area contributed by atoms with Crippen LogP contribution in [0.1, 0.15) is 45.6 Å². The van der Waals surface area contributed by atoms with Gasteiger partial charge in [0.15, 0.2) is 0 Å². The highest BCUT2D eigenvalue weighted by Crippen LogP contribution is 2.13. The largest absolute Gasteiger partial charge is 0.494 e. The maximum atomic E-state index is 11.7. The molecule has 0 saturated carbocycles. The predicted molar refractivity (Wildman–Crippen MR) is 94.4 cm³/mol. The van der Waals surface area contributed by atoms with Gasteiger partial charge in [-0.2, -0.15) is 0 Å². The van der Waals surface area contributed by atoms with E-state index in [1.54, 1.807) is 20.8 Å². The number of rotatable bonds is 10. The molecular weight excluding hydrogens is 322 g/mol. The number of aldehydes is 1. The van der Waals surface area contributed by atoms with Crippen LogP contribution in [-0.2, 0) is 25.5 Å². The molecule has 0 fully saturated rings. The third-order valence-corrected chi connectivity index (χ3v) is 3.14. The molecule has 6 nitrogen and oxygen atoms in total. The van der Waals surface area contributed by atoms with Gasteiger partial charge in [0.25, 0.3) is 0 Å². The van der Waals surface area contributed by atoms with E-state index >= 15 is 0 Å². The van der Waals surface area contributed by atoms with Crippen LogP contribution < -0.4 is 10.1 Å². The molecule has 1 rings (SSSR count). The Morgan fingerprint density at radius 1 is 1.16 bits per heavy atom. The summed E-state index contributed by atoms with van der Waals surface area (Å²) in [6.45, 7) is 5.61. The molecule has 138 valence electrons. The van der Waals surface area contributed by atoms with Gasteiger partial charge >= 0.3 is 5.97 Å². The molecule has 6 heteroatoms. The van der Waals surface area contributed by atoms with Gasteiger partial charge in [0, 0.05) is 12.8 Å². The van der Waals surface area contributed by atoms with Gasteiger partial charge in [-0.15, -0.1) is 0 Å². The van der Waals surface area contributed by atoms with E-state index < -0.39 is 11.6 Å². The number of aryl methyl sites for hydroxylation is 1. The van der Waals surface area contributed by atoms with Crippen LogP contribution in [0.5, 0.6) is 5.75 Å². The fourth-order valence-corrected chi connectivity index (χ4v) is 2.04. The standard InChI is InChI=1S/C19H27NO5/c1-19(2,3)25-18(23)14-20-17(22)7-5-13-24-16-10-8-15(9-11-16)6-4-12-21/h8-12H,4-7,13-14H2,1-3H3,(H,20,22). The Bertz CT molecular complexity index is 560. The zero-order chi connectivity index (χ0) is 18.7. The van der Waals surface area contributed by atoms with Crippen molar-refractivity contribution in [2.75, 3.05) is 13.2 Å². The molecule has 0 heterocycles. The van der Waals surface area contributed by atoms with Crippen molar-refractivity contribution in [2.24, 2.45) is 0 Å². The highest BCUT2D eigenvalue weighted by atomic mass is 16.6. The number of benzene rings is 1. The smallest absolute Gasteiger partial charge is 0.325 e. The van der Waals surface area contributed by atoms with Gasteiger partial charge in [0.1, 0.15) is 24.2 Å². The van der Waals surface area contributed by atoms with Gasteiger partial charge in [-0.1, -0.05) is 12.1 Å². The minimum atomic E-state index is -0.557. The van der Waals surface area contributed by atoms with Crippen molar-refractivity contribution in [3.8, 4) is 5.75 Å². The first-order valence-corrected chi connectivity index (χ1v) is 8.44. The Balaban J connectivity index is 2.17. The highest BCUT2D eigenvalue weighted by molar-refractivity contribution is 5.81. The minimum absolute atomic E-state index is 0.126. The molecule has 1 aromatic carbocycles. The summed E-state index contributed by atoms with van der Waals surface area (Å²) in [5.41, 5.74) is 0.527. The number of hydrogen-bond acceptors (Lipinski definition) is 5. The maximum absolute atomic E-state index is 11.7. The number of carbonyl (C=O) groups excluding carboxylic acids is 3. The first-order chi connectivity index (χ1) is 11.8. The van der Waals surface area contributed by atoms with Gasteiger partial charge in [-0.3, -0.25) is 9.59 Å². The molecule has 0 unspecified atom stereocenters. The molecule has 1 aromatic rings. The van der Waals surface area contributed by atoms with Crippen LogP contribution >= 0.6 is 0 Å². The van der Waals surface area contributed by atoms with Crippen molar-refractivity contribution in [1.29, 1.82) is 0 Å². The van der Waals surface area contributed by atoms with Crippen LogP contribution in [0.4, 0.5) is 0 Å². The van der Waals surface area contributed by atoms with E-state index in [9.17, 15) is 14.4 Å². The molecule has 0 bridgehead atoms. The Hall–Kier alpha value is -2.37. The molecule has 0 atom stereocenters. The number of ether oxygens (including phenoxy) is 2. The Morgan fingerprint density at radius 3 is 2.44 bits per heavy atom. The Morgan fingerprint density at radius 2 is 1.84 bits per heavy atom. The van der Waals surface area contributed by atoms with Crippen molar-refractivity contribution in [3.63, 3.8) is 0 Å². The molecule has 1 N–H and O–H groups in total. The Labute approximate surface area is 148 Å². The quantitative estimate of drug-likeness (QED) is 0.399. The highest BCUT2D eigenvalue weighted by Gasteiger charge is 2.16. The summed E-state index contributed by atoms with van der Waals surface area (Å²) < 4.78 is 10.7. The normalized spacial score (nSPS) is 10.8. The van der Waals surface area contributed by atoms with Crippen molar-refractivity contribution in [2.45, 2.75) is 52.1 Å². The molecule has 0 aliphatic heterocycles. The second-order valence-corrected chi connectivity index (χ2v) is 6.66. The van der Waals surface area contributed by atoms with Crippen LogP contribution in [0, 0.1) is 0 Å². The van der Waals surface area contributed by atoms with Crippen LogP contribution in [0.2, 0.25) is 0 Å². The average Bonchev–Trinajstić information content (AvgIpc) is 2.54. The number of amides is 1. The van der Waals surface area contributed by atoms with Crippen molar-refractivity contribution in [3.05, 3.63) is 29.8 Å². The lowest BCUT2D eigenvalue weighted by atomic mass is 10.1. The fraction of sp³-hybridized carbons (Fsp3) is 0.526. The second-order valence-electron chi connectivity index (χ2n) is 6.66. The topological polar surface area (TPSA) is 81.7 Å². The van der Waals surface area contributed by atoms with Gasteiger partial charge < -0.3 is 19.6 Å². The predicted octanol–water partition coefficient (Wildman–Crippen LogP) is 2.44. The zero-order valence-corrected chi connectivity index (χ0v) is 15.2. The van der Waals surface area contributed by atoms with E-state index in [2.05, 4.69) is 5.32 Å². The summed E-state index contributed by atoms with van der Waals surface area (Å²) in [7, 11) is 0. The lowest BCUT2D eigenvalue weighted by molar-refractivity contribution is -0.154. The van der Waals surface area contributed by atoms with Crippen molar-refractivity contribution >= 4 is 18.2 Å². The van der Waals surface area contributed by atoms with E-state index in [-0.39, 0.29) is 18.9 Å². The molecule has 0 spiro atoms. The fourth-order valence-electron chi connectivity index (χ4n) is 2.04. The zero-order valence-electron chi connectivity index (χ0n) is 15.2. The van der Waals surface area contributed by atoms with Gasteiger partial charge in [0.05, 0.1) is 6.61 Å². The van der Waals surface area contributed by atoms with E-state index in [1.807, 2.05) is 24.3 Å². The summed E-state index contributed by atoms with van der Waals surface area (Å²) in [4.78, 5) is 33.5. The molecule has 0 aliphatic carbocycles. The second kappa shape index (κ2) is 10.5. The van der Waals surface area contributed by atoms with Crippen LogP contribution in [0.3, 0.4) is 0 Å².